The topological polar surface area (TPSA) is 134 Å². The number of pyridine rings is 1. The van der Waals surface area contributed by atoms with Gasteiger partial charge in [0.1, 0.15) is 6.04 Å². The summed E-state index contributed by atoms with van der Waals surface area (Å²) in [6.07, 6.45) is 0.988. The van der Waals surface area contributed by atoms with Gasteiger partial charge in [-0.3, -0.25) is 14.9 Å². The molecule has 0 aliphatic heterocycles. The molecule has 0 saturated heterocycles. The number of aromatic carboxylic acids is 1. The van der Waals surface area contributed by atoms with Gasteiger partial charge < -0.3 is 15.7 Å². The molecule has 3 N–H and O–H groups in total. The summed E-state index contributed by atoms with van der Waals surface area (Å²) in [5.41, 5.74) is -0.797. The van der Waals surface area contributed by atoms with E-state index in [0.29, 0.717) is 6.54 Å². The first-order valence-electron chi connectivity index (χ1n) is 5.78. The molecule has 20 heavy (non-hydrogen) atoms. The fourth-order valence-electron chi connectivity index (χ4n) is 1.42. The number of carbonyl (C=O) groups is 2. The van der Waals surface area contributed by atoms with Crippen molar-refractivity contribution in [3.8, 4) is 0 Å². The lowest BCUT2D eigenvalue weighted by Crippen LogP contribution is -2.37. The van der Waals surface area contributed by atoms with E-state index in [4.69, 9.17) is 5.11 Å². The van der Waals surface area contributed by atoms with Crippen LogP contribution in [0.3, 0.4) is 0 Å². The van der Waals surface area contributed by atoms with E-state index >= 15 is 0 Å². The molecule has 0 radical (unpaired) electrons. The highest BCUT2D eigenvalue weighted by Gasteiger charge is 2.22. The predicted molar refractivity (Wildman–Crippen MR) is 69.6 cm³/mol. The van der Waals surface area contributed by atoms with Crippen LogP contribution in [0.1, 0.15) is 24.2 Å². The van der Waals surface area contributed by atoms with E-state index in [1.54, 1.807) is 6.92 Å². The van der Waals surface area contributed by atoms with Gasteiger partial charge in [0, 0.05) is 18.8 Å². The Morgan fingerprint density at radius 3 is 2.70 bits per heavy atom. The molecule has 1 unspecified atom stereocenters. The molecule has 1 amide bonds. The Hall–Kier alpha value is -2.71. The number of carboxylic acids is 1. The van der Waals surface area contributed by atoms with Crippen molar-refractivity contribution < 1.29 is 19.6 Å². The van der Waals surface area contributed by atoms with Crippen molar-refractivity contribution in [3.05, 3.63) is 27.9 Å². The molecule has 1 aromatic heterocycles. The number of nitro groups is 1. The van der Waals surface area contributed by atoms with Crippen LogP contribution in [0.15, 0.2) is 12.3 Å². The number of hydrogen-bond donors (Lipinski definition) is 3. The maximum atomic E-state index is 11.5. The minimum atomic E-state index is -1.32. The molecule has 0 aliphatic rings. The summed E-state index contributed by atoms with van der Waals surface area (Å²) in [5.74, 6) is -1.81. The van der Waals surface area contributed by atoms with Crippen LogP contribution in [-0.4, -0.2) is 39.5 Å². The number of carboxylic acid groups (broad SMARTS) is 1. The van der Waals surface area contributed by atoms with Crippen LogP contribution in [0.4, 0.5) is 11.5 Å². The van der Waals surface area contributed by atoms with Crippen LogP contribution < -0.4 is 10.6 Å². The molecule has 9 nitrogen and oxygen atoms in total. The van der Waals surface area contributed by atoms with Gasteiger partial charge >= 0.3 is 11.7 Å². The fraction of sp³-hybridized carbons (Fsp3) is 0.364. The Balaban J connectivity index is 3.03. The van der Waals surface area contributed by atoms with Gasteiger partial charge in [-0.2, -0.15) is 0 Å². The van der Waals surface area contributed by atoms with Crippen LogP contribution in [-0.2, 0) is 4.79 Å². The van der Waals surface area contributed by atoms with Crippen molar-refractivity contribution >= 4 is 23.4 Å². The smallest absolute Gasteiger partial charge is 0.337 e. The molecular formula is C11H14N4O5. The SMILES string of the molecule is CCNC(=O)C(C)Nc1ncc(C(=O)O)cc1[N+](=O)[O-]. The molecule has 0 spiro atoms. The summed E-state index contributed by atoms with van der Waals surface area (Å²) in [4.78, 5) is 36.1. The number of likely N-dealkylation sites (N-methyl/N-ethyl adjacent to an activating group) is 1. The lowest BCUT2D eigenvalue weighted by atomic mass is 10.2. The van der Waals surface area contributed by atoms with Crippen LogP contribution in [0, 0.1) is 10.1 Å². The average Bonchev–Trinajstić information content (AvgIpc) is 2.38. The van der Waals surface area contributed by atoms with E-state index in [9.17, 15) is 19.7 Å². The fourth-order valence-corrected chi connectivity index (χ4v) is 1.42. The van der Waals surface area contributed by atoms with Crippen LogP contribution in [0.2, 0.25) is 0 Å². The molecule has 0 aromatic carbocycles. The van der Waals surface area contributed by atoms with Crippen molar-refractivity contribution in [3.63, 3.8) is 0 Å². The minimum Gasteiger partial charge on any atom is -0.478 e. The number of hydrogen-bond acceptors (Lipinski definition) is 6. The summed E-state index contributed by atoms with van der Waals surface area (Å²) in [7, 11) is 0. The van der Waals surface area contributed by atoms with E-state index < -0.39 is 22.6 Å². The zero-order valence-corrected chi connectivity index (χ0v) is 10.9. The first-order valence-corrected chi connectivity index (χ1v) is 5.78. The maximum Gasteiger partial charge on any atom is 0.337 e. The largest absolute Gasteiger partial charge is 0.478 e. The van der Waals surface area contributed by atoms with E-state index in [1.807, 2.05) is 0 Å². The second kappa shape index (κ2) is 6.45. The number of nitrogens with one attached hydrogen (secondary N) is 2. The minimum absolute atomic E-state index is 0.154. The Kier molecular flexibility index (Phi) is 4.95. The Labute approximate surface area is 114 Å². The molecular weight excluding hydrogens is 268 g/mol. The van der Waals surface area contributed by atoms with Gasteiger partial charge in [0.15, 0.2) is 0 Å². The Morgan fingerprint density at radius 2 is 2.20 bits per heavy atom. The van der Waals surface area contributed by atoms with Gasteiger partial charge in [-0.05, 0) is 13.8 Å². The summed E-state index contributed by atoms with van der Waals surface area (Å²) >= 11 is 0. The molecule has 0 bridgehead atoms. The van der Waals surface area contributed by atoms with Crippen molar-refractivity contribution in [1.29, 1.82) is 0 Å². The van der Waals surface area contributed by atoms with Crippen molar-refractivity contribution in [2.45, 2.75) is 19.9 Å². The van der Waals surface area contributed by atoms with Crippen molar-refractivity contribution in [1.82, 2.24) is 10.3 Å². The average molecular weight is 282 g/mol. The van der Waals surface area contributed by atoms with Crippen LogP contribution in [0.25, 0.3) is 0 Å². The highest BCUT2D eigenvalue weighted by molar-refractivity contribution is 5.89. The second-order valence-corrected chi connectivity index (χ2v) is 3.91. The lowest BCUT2D eigenvalue weighted by Gasteiger charge is -2.13. The monoisotopic (exact) mass is 282 g/mol. The van der Waals surface area contributed by atoms with E-state index in [0.717, 1.165) is 12.3 Å². The maximum absolute atomic E-state index is 11.5. The second-order valence-electron chi connectivity index (χ2n) is 3.91. The molecule has 9 heteroatoms. The highest BCUT2D eigenvalue weighted by atomic mass is 16.6. The molecule has 108 valence electrons. The molecule has 0 saturated carbocycles. The normalized spacial score (nSPS) is 11.5. The number of aromatic nitrogens is 1. The summed E-state index contributed by atoms with van der Waals surface area (Å²) in [6.45, 7) is 3.69. The van der Waals surface area contributed by atoms with Gasteiger partial charge in [-0.25, -0.2) is 9.78 Å². The van der Waals surface area contributed by atoms with Gasteiger partial charge in [0.25, 0.3) is 0 Å². The standard InChI is InChI=1S/C11H14N4O5/c1-3-12-10(16)6(2)14-9-8(15(19)20)4-7(5-13-9)11(17)18/h4-6H,3H2,1-2H3,(H,12,16)(H,13,14)(H,17,18). The number of nitrogens with zero attached hydrogens (tertiary/aromatic N) is 2. The summed E-state index contributed by atoms with van der Waals surface area (Å²) in [5, 5.41) is 24.8. The molecule has 1 atom stereocenters. The third-order valence-corrected chi connectivity index (χ3v) is 2.41. The predicted octanol–water partition coefficient (Wildman–Crippen LogP) is 0.624. The molecule has 0 fully saturated rings. The van der Waals surface area contributed by atoms with Crippen molar-refractivity contribution in [2.24, 2.45) is 0 Å². The quantitative estimate of drug-likeness (QED) is 0.514. The molecule has 0 aliphatic carbocycles. The van der Waals surface area contributed by atoms with E-state index in [-0.39, 0.29) is 17.3 Å². The summed E-state index contributed by atoms with van der Waals surface area (Å²) < 4.78 is 0. The lowest BCUT2D eigenvalue weighted by molar-refractivity contribution is -0.384. The highest BCUT2D eigenvalue weighted by Crippen LogP contribution is 2.23. The molecule has 1 rings (SSSR count). The van der Waals surface area contributed by atoms with Crippen LogP contribution in [0.5, 0.6) is 0 Å². The van der Waals surface area contributed by atoms with Crippen molar-refractivity contribution in [2.75, 3.05) is 11.9 Å². The zero-order chi connectivity index (χ0) is 15.3. The van der Waals surface area contributed by atoms with Gasteiger partial charge in [0.05, 0.1) is 10.5 Å². The number of carbonyl (C=O) groups excluding carboxylic acids is 1. The third kappa shape index (κ3) is 3.64. The number of rotatable bonds is 6. The van der Waals surface area contributed by atoms with Gasteiger partial charge in [0.2, 0.25) is 11.7 Å². The Bertz CT molecular complexity index is 546. The zero-order valence-electron chi connectivity index (χ0n) is 10.9. The molecule has 1 heterocycles. The first-order chi connectivity index (χ1) is 9.36. The number of anilines is 1. The first kappa shape index (κ1) is 15.3. The van der Waals surface area contributed by atoms with Gasteiger partial charge in [-0.15, -0.1) is 0 Å². The summed E-state index contributed by atoms with van der Waals surface area (Å²) in [6, 6.07) is 0.152. The van der Waals surface area contributed by atoms with E-state index in [1.165, 1.54) is 6.92 Å². The third-order valence-electron chi connectivity index (χ3n) is 2.41. The van der Waals surface area contributed by atoms with Crippen LogP contribution >= 0.6 is 0 Å². The molecule has 1 aromatic rings. The number of amides is 1. The Morgan fingerprint density at radius 1 is 1.55 bits per heavy atom. The van der Waals surface area contributed by atoms with Gasteiger partial charge in [-0.1, -0.05) is 0 Å². The van der Waals surface area contributed by atoms with E-state index in [2.05, 4.69) is 15.6 Å².